The molecule has 1 heterocycles. The first kappa shape index (κ1) is 19.8. The van der Waals surface area contributed by atoms with E-state index in [1.54, 1.807) is 42.6 Å². The number of benzene rings is 3. The van der Waals surface area contributed by atoms with E-state index >= 15 is 0 Å². The van der Waals surface area contributed by atoms with E-state index in [0.29, 0.717) is 16.0 Å². The highest BCUT2D eigenvalue weighted by Gasteiger charge is 2.22. The molecule has 0 spiro atoms. The number of phenols is 1. The van der Waals surface area contributed by atoms with Crippen LogP contribution in [0.1, 0.15) is 0 Å². The van der Waals surface area contributed by atoms with Crippen LogP contribution in [0, 0.1) is 11.6 Å². The molecule has 0 fully saturated rings. The molecule has 0 saturated carbocycles. The molecule has 3 nitrogen and oxygen atoms in total. The van der Waals surface area contributed by atoms with Crippen molar-refractivity contribution in [2.45, 2.75) is 0 Å². The first-order valence-corrected chi connectivity index (χ1v) is 8.75. The van der Waals surface area contributed by atoms with Crippen LogP contribution in [0.15, 0.2) is 79.0 Å². The standard InChI is InChI=1S/C12H8BClF2O.C9H7NO/c14-9-6-4-8(5-7-9)13(17)10-2-1-3-11(15)12(10)16;11-8-5-1-3-7-4-2-6-10-9(7)8/h1-7,17H;1-6,11H. The van der Waals surface area contributed by atoms with Crippen molar-refractivity contribution in [1.29, 1.82) is 0 Å². The highest BCUT2D eigenvalue weighted by molar-refractivity contribution is 6.79. The molecule has 0 aliphatic carbocycles. The van der Waals surface area contributed by atoms with Crippen molar-refractivity contribution in [3.8, 4) is 5.75 Å². The molecule has 28 heavy (non-hydrogen) atoms. The molecule has 3 aromatic carbocycles. The number of para-hydroxylation sites is 1. The maximum atomic E-state index is 13.5. The number of aromatic nitrogens is 1. The van der Waals surface area contributed by atoms with Gasteiger partial charge in [-0.05, 0) is 41.3 Å². The monoisotopic (exact) mass is 397 g/mol. The van der Waals surface area contributed by atoms with E-state index < -0.39 is 18.6 Å². The quantitative estimate of drug-likeness (QED) is 0.508. The summed E-state index contributed by atoms with van der Waals surface area (Å²) in [5.41, 5.74) is 1.03. The van der Waals surface area contributed by atoms with Gasteiger partial charge < -0.3 is 10.1 Å². The summed E-state index contributed by atoms with van der Waals surface area (Å²) in [5, 5.41) is 20.7. The number of rotatable bonds is 2. The minimum absolute atomic E-state index is 0.0904. The van der Waals surface area contributed by atoms with E-state index in [9.17, 15) is 18.9 Å². The SMILES string of the molecule is OB(c1ccc(Cl)cc1)c1cccc(F)c1F.Oc1cccc2cccnc12. The number of fused-ring (bicyclic) bond motifs is 1. The molecule has 0 aliphatic rings. The summed E-state index contributed by atoms with van der Waals surface area (Å²) in [6.45, 7) is -1.21. The molecular weight excluding hydrogens is 382 g/mol. The predicted octanol–water partition coefficient (Wildman–Crippen LogP) is 3.66. The Labute approximate surface area is 166 Å². The molecule has 1 aromatic heterocycles. The van der Waals surface area contributed by atoms with Crippen molar-refractivity contribution in [2.75, 3.05) is 0 Å². The largest absolute Gasteiger partial charge is 0.506 e. The van der Waals surface area contributed by atoms with Gasteiger partial charge in [-0.3, -0.25) is 4.98 Å². The van der Waals surface area contributed by atoms with Crippen LogP contribution in [-0.4, -0.2) is 22.0 Å². The Kier molecular flexibility index (Phi) is 6.24. The zero-order valence-corrected chi connectivity index (χ0v) is 15.3. The van der Waals surface area contributed by atoms with Gasteiger partial charge in [-0.25, -0.2) is 8.78 Å². The lowest BCUT2D eigenvalue weighted by Crippen LogP contribution is -2.44. The number of pyridine rings is 1. The molecule has 0 radical (unpaired) electrons. The molecule has 4 rings (SSSR count). The topological polar surface area (TPSA) is 53.4 Å². The number of nitrogens with zero attached hydrogens (tertiary/aromatic N) is 1. The number of halogens is 3. The van der Waals surface area contributed by atoms with E-state index in [1.807, 2.05) is 18.2 Å². The van der Waals surface area contributed by atoms with Crippen LogP contribution in [0.4, 0.5) is 8.78 Å². The number of aromatic hydroxyl groups is 1. The highest BCUT2D eigenvalue weighted by Crippen LogP contribution is 2.20. The zero-order chi connectivity index (χ0) is 20.1. The third-order valence-electron chi connectivity index (χ3n) is 4.07. The second kappa shape index (κ2) is 8.82. The third kappa shape index (κ3) is 4.47. The molecule has 7 heteroatoms. The van der Waals surface area contributed by atoms with E-state index in [-0.39, 0.29) is 11.2 Å². The molecule has 0 unspecified atom stereocenters. The fraction of sp³-hybridized carbons (Fsp3) is 0. The Morgan fingerprint density at radius 2 is 1.54 bits per heavy atom. The van der Waals surface area contributed by atoms with Crippen LogP contribution in [-0.2, 0) is 0 Å². The minimum atomic E-state index is -1.21. The fourth-order valence-corrected chi connectivity index (χ4v) is 2.77. The molecular formula is C21H15BClF2NO2. The van der Waals surface area contributed by atoms with Crippen LogP contribution in [0.3, 0.4) is 0 Å². The summed E-state index contributed by atoms with van der Waals surface area (Å²) < 4.78 is 26.5. The zero-order valence-electron chi connectivity index (χ0n) is 14.6. The van der Waals surface area contributed by atoms with Crippen molar-refractivity contribution in [3.05, 3.63) is 95.7 Å². The van der Waals surface area contributed by atoms with Crippen molar-refractivity contribution < 1.29 is 18.9 Å². The van der Waals surface area contributed by atoms with Gasteiger partial charge in [-0.2, -0.15) is 0 Å². The Morgan fingerprint density at radius 1 is 0.857 bits per heavy atom. The number of hydrogen-bond acceptors (Lipinski definition) is 3. The first-order valence-electron chi connectivity index (χ1n) is 8.37. The van der Waals surface area contributed by atoms with Gasteiger partial charge in [0.15, 0.2) is 11.6 Å². The van der Waals surface area contributed by atoms with Gasteiger partial charge in [0, 0.05) is 16.6 Å². The molecule has 0 aliphatic heterocycles. The highest BCUT2D eigenvalue weighted by atomic mass is 35.5. The van der Waals surface area contributed by atoms with E-state index in [2.05, 4.69) is 4.98 Å². The third-order valence-corrected chi connectivity index (χ3v) is 4.33. The maximum Gasteiger partial charge on any atom is 0.362 e. The van der Waals surface area contributed by atoms with E-state index in [0.717, 1.165) is 11.5 Å². The summed E-state index contributed by atoms with van der Waals surface area (Å²) in [4.78, 5) is 4.03. The van der Waals surface area contributed by atoms with Gasteiger partial charge in [0.1, 0.15) is 11.3 Å². The van der Waals surface area contributed by atoms with Crippen molar-refractivity contribution in [2.24, 2.45) is 0 Å². The molecule has 140 valence electrons. The second-order valence-electron chi connectivity index (χ2n) is 5.95. The Bertz CT molecular complexity index is 1090. The lowest BCUT2D eigenvalue weighted by molar-refractivity contribution is 0.480. The lowest BCUT2D eigenvalue weighted by Gasteiger charge is -2.08. The van der Waals surface area contributed by atoms with Crippen LogP contribution in [0.2, 0.25) is 5.02 Å². The van der Waals surface area contributed by atoms with Gasteiger partial charge >= 0.3 is 6.92 Å². The summed E-state index contributed by atoms with van der Waals surface area (Å²) in [6, 6.07) is 19.1. The van der Waals surface area contributed by atoms with Gasteiger partial charge in [-0.1, -0.05) is 54.1 Å². The van der Waals surface area contributed by atoms with Gasteiger partial charge in [0.05, 0.1) is 0 Å². The smallest absolute Gasteiger partial charge is 0.362 e. The maximum absolute atomic E-state index is 13.5. The number of hydrogen-bond donors (Lipinski definition) is 2. The Morgan fingerprint density at radius 3 is 2.25 bits per heavy atom. The molecule has 0 saturated heterocycles. The van der Waals surface area contributed by atoms with Crippen molar-refractivity contribution in [3.63, 3.8) is 0 Å². The number of phenolic OH excluding ortho intramolecular Hbond substituents is 1. The summed E-state index contributed by atoms with van der Waals surface area (Å²) in [7, 11) is 0. The van der Waals surface area contributed by atoms with Gasteiger partial charge in [0.25, 0.3) is 0 Å². The van der Waals surface area contributed by atoms with E-state index in [4.69, 9.17) is 11.6 Å². The van der Waals surface area contributed by atoms with Crippen molar-refractivity contribution >= 4 is 40.3 Å². The molecule has 0 atom stereocenters. The molecule has 4 aromatic rings. The van der Waals surface area contributed by atoms with Crippen molar-refractivity contribution in [1.82, 2.24) is 4.98 Å². The average Bonchev–Trinajstić information content (AvgIpc) is 2.71. The normalized spacial score (nSPS) is 10.3. The summed E-state index contributed by atoms with van der Waals surface area (Å²) in [5.74, 6) is -1.77. The Balaban J connectivity index is 0.000000176. The average molecular weight is 398 g/mol. The van der Waals surface area contributed by atoms with Gasteiger partial charge in [-0.15, -0.1) is 0 Å². The second-order valence-corrected chi connectivity index (χ2v) is 6.39. The fourth-order valence-electron chi connectivity index (χ4n) is 2.64. The van der Waals surface area contributed by atoms with Gasteiger partial charge in [0.2, 0.25) is 0 Å². The van der Waals surface area contributed by atoms with Crippen LogP contribution < -0.4 is 10.9 Å². The van der Waals surface area contributed by atoms with Crippen LogP contribution in [0.25, 0.3) is 10.9 Å². The minimum Gasteiger partial charge on any atom is -0.506 e. The summed E-state index contributed by atoms with van der Waals surface area (Å²) in [6.07, 6.45) is 1.67. The molecule has 0 bridgehead atoms. The van der Waals surface area contributed by atoms with Crippen LogP contribution in [0.5, 0.6) is 5.75 Å². The van der Waals surface area contributed by atoms with Crippen LogP contribution >= 0.6 is 11.6 Å². The predicted molar refractivity (Wildman–Crippen MR) is 108 cm³/mol. The lowest BCUT2D eigenvalue weighted by atomic mass is 9.56. The molecule has 2 N–H and O–H groups in total. The Hall–Kier alpha value is -2.96. The summed E-state index contributed by atoms with van der Waals surface area (Å²) >= 11 is 5.70. The van der Waals surface area contributed by atoms with E-state index in [1.165, 1.54) is 12.1 Å². The molecule has 0 amide bonds. The first-order chi connectivity index (χ1) is 13.5.